The average molecular weight is 461 g/mol. The van der Waals surface area contributed by atoms with Crippen LogP contribution in [0.4, 0.5) is 4.39 Å². The fourth-order valence-electron chi connectivity index (χ4n) is 3.94. The second-order valence-electron chi connectivity index (χ2n) is 9.01. The quantitative estimate of drug-likeness (QED) is 0.432. The zero-order valence-corrected chi connectivity index (χ0v) is 20.1. The van der Waals surface area contributed by atoms with Gasteiger partial charge in [-0.25, -0.2) is 4.39 Å². The number of hydrogen-bond donors (Lipinski definition) is 1. The van der Waals surface area contributed by atoms with Crippen LogP contribution in [0, 0.1) is 11.7 Å². The van der Waals surface area contributed by atoms with E-state index in [0.29, 0.717) is 12.1 Å². The summed E-state index contributed by atoms with van der Waals surface area (Å²) in [6.45, 7) is 6.27. The number of carbonyl (C=O) groups excluding carboxylic acids is 2. The number of rotatable bonds is 10. The third-order valence-corrected chi connectivity index (χ3v) is 5.93. The first-order valence-electron chi connectivity index (χ1n) is 11.8. The van der Waals surface area contributed by atoms with E-state index in [-0.39, 0.29) is 36.6 Å². The highest BCUT2D eigenvalue weighted by molar-refractivity contribution is 5.87. The Labute approximate surface area is 201 Å². The van der Waals surface area contributed by atoms with E-state index in [1.54, 1.807) is 25.1 Å². The molecule has 5 heteroatoms. The van der Waals surface area contributed by atoms with Crippen LogP contribution in [0.15, 0.2) is 84.9 Å². The Morgan fingerprint density at radius 2 is 1.35 bits per heavy atom. The molecule has 4 nitrogen and oxygen atoms in total. The highest BCUT2D eigenvalue weighted by Crippen LogP contribution is 2.29. The summed E-state index contributed by atoms with van der Waals surface area (Å²) in [5.41, 5.74) is 2.42. The highest BCUT2D eigenvalue weighted by atomic mass is 19.1. The molecular formula is C29H33FN2O2. The monoisotopic (exact) mass is 460 g/mol. The summed E-state index contributed by atoms with van der Waals surface area (Å²) in [6, 6.07) is 25.4. The lowest BCUT2D eigenvalue weighted by molar-refractivity contribution is -0.140. The van der Waals surface area contributed by atoms with E-state index in [0.717, 1.165) is 11.1 Å². The van der Waals surface area contributed by atoms with Crippen LogP contribution in [0.1, 0.15) is 49.8 Å². The third-order valence-electron chi connectivity index (χ3n) is 5.93. The van der Waals surface area contributed by atoms with Gasteiger partial charge in [0.1, 0.15) is 11.9 Å². The molecule has 3 aromatic carbocycles. The van der Waals surface area contributed by atoms with Gasteiger partial charge in [0.2, 0.25) is 11.8 Å². The van der Waals surface area contributed by atoms with Crippen LogP contribution in [0.5, 0.6) is 0 Å². The van der Waals surface area contributed by atoms with Crippen LogP contribution in [-0.2, 0) is 16.1 Å². The van der Waals surface area contributed by atoms with Gasteiger partial charge >= 0.3 is 0 Å². The summed E-state index contributed by atoms with van der Waals surface area (Å²) in [5.74, 6) is -0.725. The Morgan fingerprint density at radius 1 is 0.824 bits per heavy atom. The number of hydrogen-bond acceptors (Lipinski definition) is 2. The topological polar surface area (TPSA) is 49.4 Å². The van der Waals surface area contributed by atoms with Crippen molar-refractivity contribution in [1.29, 1.82) is 0 Å². The first-order chi connectivity index (χ1) is 16.4. The van der Waals surface area contributed by atoms with Crippen molar-refractivity contribution in [2.24, 2.45) is 5.92 Å². The van der Waals surface area contributed by atoms with Crippen molar-refractivity contribution in [3.8, 4) is 0 Å². The maximum atomic E-state index is 14.5. The molecule has 0 aliphatic carbocycles. The lowest BCUT2D eigenvalue weighted by atomic mass is 9.88. The van der Waals surface area contributed by atoms with Gasteiger partial charge in [-0.3, -0.25) is 9.59 Å². The van der Waals surface area contributed by atoms with Crippen LogP contribution in [0.2, 0.25) is 0 Å². The molecule has 178 valence electrons. The minimum atomic E-state index is -0.738. The molecule has 0 aliphatic heterocycles. The molecule has 0 fully saturated rings. The molecule has 0 aliphatic rings. The van der Waals surface area contributed by atoms with Crippen LogP contribution in [0.25, 0.3) is 0 Å². The molecule has 2 amide bonds. The Kier molecular flexibility index (Phi) is 8.97. The van der Waals surface area contributed by atoms with Crippen molar-refractivity contribution in [3.05, 3.63) is 107 Å². The number of halogens is 1. The van der Waals surface area contributed by atoms with E-state index in [9.17, 15) is 14.0 Å². The van der Waals surface area contributed by atoms with Crippen molar-refractivity contribution >= 4 is 11.8 Å². The Bertz CT molecular complexity index is 1030. The van der Waals surface area contributed by atoms with Gasteiger partial charge in [0.05, 0.1) is 0 Å². The average Bonchev–Trinajstić information content (AvgIpc) is 2.85. The Hall–Kier alpha value is -3.47. The highest BCUT2D eigenvalue weighted by Gasteiger charge is 2.29. The number of carbonyl (C=O) groups is 2. The number of benzene rings is 3. The van der Waals surface area contributed by atoms with E-state index in [1.165, 1.54) is 11.0 Å². The zero-order chi connectivity index (χ0) is 24.5. The molecule has 1 atom stereocenters. The zero-order valence-electron chi connectivity index (χ0n) is 20.1. The molecule has 34 heavy (non-hydrogen) atoms. The summed E-state index contributed by atoms with van der Waals surface area (Å²) < 4.78 is 14.5. The van der Waals surface area contributed by atoms with Gasteiger partial charge in [0, 0.05) is 31.0 Å². The molecule has 0 unspecified atom stereocenters. The molecule has 0 saturated carbocycles. The standard InChI is InChI=1S/C29H33FN2O2/c1-21(2)19-31-29(34)22(3)32(20-25-16-10-11-17-27(25)30)28(33)18-26(23-12-6-4-7-13-23)24-14-8-5-9-15-24/h4-17,21-22,26H,18-20H2,1-3H3,(H,31,34)/t22-/m0/s1. The van der Waals surface area contributed by atoms with E-state index in [4.69, 9.17) is 0 Å². The summed E-state index contributed by atoms with van der Waals surface area (Å²) in [5, 5.41) is 2.91. The summed E-state index contributed by atoms with van der Waals surface area (Å²) in [7, 11) is 0. The predicted octanol–water partition coefficient (Wildman–Crippen LogP) is 5.54. The molecular weight excluding hydrogens is 427 g/mol. The first-order valence-corrected chi connectivity index (χ1v) is 11.8. The van der Waals surface area contributed by atoms with Crippen molar-refractivity contribution in [2.45, 2.75) is 45.7 Å². The van der Waals surface area contributed by atoms with Crippen molar-refractivity contribution in [1.82, 2.24) is 10.2 Å². The van der Waals surface area contributed by atoms with Gasteiger partial charge in [-0.05, 0) is 30.0 Å². The molecule has 0 saturated heterocycles. The fraction of sp³-hybridized carbons (Fsp3) is 0.310. The van der Waals surface area contributed by atoms with E-state index < -0.39 is 11.9 Å². The summed E-state index contributed by atoms with van der Waals surface area (Å²) >= 11 is 0. The Balaban J connectivity index is 1.90. The SMILES string of the molecule is CC(C)CNC(=O)[C@H](C)N(Cc1ccccc1F)C(=O)CC(c1ccccc1)c1ccccc1. The van der Waals surface area contributed by atoms with E-state index in [2.05, 4.69) is 5.32 Å². The van der Waals surface area contributed by atoms with Gasteiger partial charge in [-0.15, -0.1) is 0 Å². The number of nitrogens with zero attached hydrogens (tertiary/aromatic N) is 1. The van der Waals surface area contributed by atoms with Crippen molar-refractivity contribution in [3.63, 3.8) is 0 Å². The predicted molar refractivity (Wildman–Crippen MR) is 134 cm³/mol. The molecule has 0 bridgehead atoms. The minimum absolute atomic E-state index is 0.0259. The van der Waals surface area contributed by atoms with Crippen molar-refractivity contribution < 1.29 is 14.0 Å². The van der Waals surface area contributed by atoms with Gasteiger partial charge < -0.3 is 10.2 Å². The molecule has 3 rings (SSSR count). The number of amides is 2. The van der Waals surface area contributed by atoms with Gasteiger partial charge in [-0.2, -0.15) is 0 Å². The van der Waals surface area contributed by atoms with Gasteiger partial charge in [0.25, 0.3) is 0 Å². The Morgan fingerprint density at radius 3 is 1.88 bits per heavy atom. The third kappa shape index (κ3) is 6.77. The van der Waals surface area contributed by atoms with Crippen LogP contribution >= 0.6 is 0 Å². The summed E-state index contributed by atoms with van der Waals surface area (Å²) in [6.07, 6.45) is 0.171. The van der Waals surface area contributed by atoms with E-state index in [1.807, 2.05) is 74.5 Å². The molecule has 0 heterocycles. The smallest absolute Gasteiger partial charge is 0.242 e. The maximum absolute atomic E-state index is 14.5. The molecule has 1 N–H and O–H groups in total. The van der Waals surface area contributed by atoms with Crippen LogP contribution < -0.4 is 5.32 Å². The largest absolute Gasteiger partial charge is 0.354 e. The van der Waals surface area contributed by atoms with Crippen LogP contribution in [-0.4, -0.2) is 29.3 Å². The maximum Gasteiger partial charge on any atom is 0.242 e. The van der Waals surface area contributed by atoms with Crippen LogP contribution in [0.3, 0.4) is 0 Å². The van der Waals surface area contributed by atoms with Crippen molar-refractivity contribution in [2.75, 3.05) is 6.54 Å². The normalized spacial score (nSPS) is 11.9. The second-order valence-corrected chi connectivity index (χ2v) is 9.01. The summed E-state index contributed by atoms with van der Waals surface area (Å²) in [4.78, 5) is 28.1. The molecule has 0 radical (unpaired) electrons. The fourth-order valence-corrected chi connectivity index (χ4v) is 3.94. The minimum Gasteiger partial charge on any atom is -0.354 e. The number of nitrogens with one attached hydrogen (secondary N) is 1. The van der Waals surface area contributed by atoms with Gasteiger partial charge in [-0.1, -0.05) is 92.7 Å². The molecule has 0 spiro atoms. The second kappa shape index (κ2) is 12.1. The molecule has 0 aromatic heterocycles. The first kappa shape index (κ1) is 25.2. The lowest BCUT2D eigenvalue weighted by Crippen LogP contribution is -2.48. The van der Waals surface area contributed by atoms with Gasteiger partial charge in [0.15, 0.2) is 0 Å². The van der Waals surface area contributed by atoms with E-state index >= 15 is 0 Å². The molecule has 3 aromatic rings. The lowest BCUT2D eigenvalue weighted by Gasteiger charge is -2.31.